The SMILES string of the molecule is CC(C)(CCO)NC(=O)c1ccccc1Cl. The highest BCUT2D eigenvalue weighted by Crippen LogP contribution is 2.16. The van der Waals surface area contributed by atoms with E-state index in [9.17, 15) is 4.79 Å². The molecule has 0 fully saturated rings. The van der Waals surface area contributed by atoms with Crippen LogP contribution in [0.25, 0.3) is 0 Å². The minimum Gasteiger partial charge on any atom is -0.396 e. The summed E-state index contributed by atoms with van der Waals surface area (Å²) in [6, 6.07) is 6.89. The highest BCUT2D eigenvalue weighted by Gasteiger charge is 2.21. The number of hydrogen-bond donors (Lipinski definition) is 2. The van der Waals surface area contributed by atoms with Crippen molar-refractivity contribution < 1.29 is 9.90 Å². The third-order valence-electron chi connectivity index (χ3n) is 2.31. The van der Waals surface area contributed by atoms with Crippen LogP contribution in [-0.2, 0) is 0 Å². The average Bonchev–Trinajstić information content (AvgIpc) is 2.17. The lowest BCUT2D eigenvalue weighted by Gasteiger charge is -2.25. The van der Waals surface area contributed by atoms with E-state index in [0.717, 1.165) is 0 Å². The molecule has 0 saturated carbocycles. The largest absolute Gasteiger partial charge is 0.396 e. The third kappa shape index (κ3) is 3.51. The topological polar surface area (TPSA) is 49.3 Å². The van der Waals surface area contributed by atoms with Gasteiger partial charge in [0.1, 0.15) is 0 Å². The van der Waals surface area contributed by atoms with Crippen molar-refractivity contribution in [2.75, 3.05) is 6.61 Å². The Morgan fingerprint density at radius 3 is 2.62 bits per heavy atom. The van der Waals surface area contributed by atoms with E-state index in [1.807, 2.05) is 13.8 Å². The van der Waals surface area contributed by atoms with Crippen molar-refractivity contribution in [1.82, 2.24) is 5.32 Å². The Kier molecular flexibility index (Phi) is 4.33. The van der Waals surface area contributed by atoms with Crippen LogP contribution >= 0.6 is 11.6 Å². The Morgan fingerprint density at radius 2 is 2.06 bits per heavy atom. The van der Waals surface area contributed by atoms with E-state index in [0.29, 0.717) is 17.0 Å². The molecular formula is C12H16ClNO2. The molecule has 1 rings (SSSR count). The van der Waals surface area contributed by atoms with Crippen LogP contribution in [0.2, 0.25) is 5.02 Å². The van der Waals surface area contributed by atoms with Crippen LogP contribution in [0.1, 0.15) is 30.6 Å². The number of aliphatic hydroxyl groups excluding tert-OH is 1. The first-order valence-corrected chi connectivity index (χ1v) is 5.52. The molecule has 3 nitrogen and oxygen atoms in total. The molecule has 0 radical (unpaired) electrons. The summed E-state index contributed by atoms with van der Waals surface area (Å²) < 4.78 is 0. The molecule has 0 aliphatic carbocycles. The summed E-state index contributed by atoms with van der Waals surface area (Å²) in [6.07, 6.45) is 0.503. The van der Waals surface area contributed by atoms with Crippen LogP contribution in [0.4, 0.5) is 0 Å². The maximum atomic E-state index is 11.9. The molecule has 1 aromatic rings. The molecule has 2 N–H and O–H groups in total. The minimum atomic E-state index is -0.439. The lowest BCUT2D eigenvalue weighted by molar-refractivity contribution is 0.0899. The van der Waals surface area contributed by atoms with Gasteiger partial charge >= 0.3 is 0 Å². The minimum absolute atomic E-state index is 0.0375. The first-order valence-electron chi connectivity index (χ1n) is 5.14. The number of halogens is 1. The maximum absolute atomic E-state index is 11.9. The van der Waals surface area contributed by atoms with Crippen LogP contribution in [-0.4, -0.2) is 23.2 Å². The quantitative estimate of drug-likeness (QED) is 0.849. The van der Waals surface area contributed by atoms with Gasteiger partial charge < -0.3 is 10.4 Å². The predicted octanol–water partition coefficient (Wildman–Crippen LogP) is 2.23. The van der Waals surface area contributed by atoms with Gasteiger partial charge in [0.15, 0.2) is 0 Å². The second-order valence-electron chi connectivity index (χ2n) is 4.29. The first kappa shape index (κ1) is 13.0. The number of amides is 1. The van der Waals surface area contributed by atoms with Gasteiger partial charge in [0.05, 0.1) is 10.6 Å². The Hall–Kier alpha value is -1.06. The summed E-state index contributed by atoms with van der Waals surface area (Å²) in [6.45, 7) is 3.76. The van der Waals surface area contributed by atoms with Crippen LogP contribution in [0.3, 0.4) is 0 Å². The standard InChI is InChI=1S/C12H16ClNO2/c1-12(2,7-8-15)14-11(16)9-5-3-4-6-10(9)13/h3-6,15H,7-8H2,1-2H3,(H,14,16). The van der Waals surface area contributed by atoms with Crippen molar-refractivity contribution in [3.05, 3.63) is 34.9 Å². The lowest BCUT2D eigenvalue weighted by atomic mass is 10.0. The van der Waals surface area contributed by atoms with E-state index in [4.69, 9.17) is 16.7 Å². The van der Waals surface area contributed by atoms with Crippen LogP contribution < -0.4 is 5.32 Å². The predicted molar refractivity (Wildman–Crippen MR) is 64.7 cm³/mol. The van der Waals surface area contributed by atoms with Gasteiger partial charge in [-0.15, -0.1) is 0 Å². The normalized spacial score (nSPS) is 11.2. The van der Waals surface area contributed by atoms with Crippen LogP contribution in [0.15, 0.2) is 24.3 Å². The van der Waals surface area contributed by atoms with E-state index in [1.54, 1.807) is 24.3 Å². The van der Waals surface area contributed by atoms with E-state index >= 15 is 0 Å². The summed E-state index contributed by atoms with van der Waals surface area (Å²) >= 11 is 5.91. The van der Waals surface area contributed by atoms with Gasteiger partial charge in [0.25, 0.3) is 5.91 Å². The zero-order valence-electron chi connectivity index (χ0n) is 9.46. The van der Waals surface area contributed by atoms with Crippen molar-refractivity contribution in [3.8, 4) is 0 Å². The Balaban J connectivity index is 2.77. The number of nitrogens with one attached hydrogen (secondary N) is 1. The van der Waals surface area contributed by atoms with Gasteiger partial charge in [-0.2, -0.15) is 0 Å². The molecule has 0 atom stereocenters. The zero-order chi connectivity index (χ0) is 12.2. The lowest BCUT2D eigenvalue weighted by Crippen LogP contribution is -2.44. The van der Waals surface area contributed by atoms with Crippen LogP contribution in [0.5, 0.6) is 0 Å². The van der Waals surface area contributed by atoms with Gasteiger partial charge in [-0.1, -0.05) is 23.7 Å². The van der Waals surface area contributed by atoms with Gasteiger partial charge in [-0.25, -0.2) is 0 Å². The Bertz CT molecular complexity index is 377. The van der Waals surface area contributed by atoms with Crippen molar-refractivity contribution >= 4 is 17.5 Å². The highest BCUT2D eigenvalue weighted by molar-refractivity contribution is 6.33. The number of carbonyl (C=O) groups excluding carboxylic acids is 1. The molecule has 0 spiro atoms. The molecule has 0 bridgehead atoms. The summed E-state index contributed by atoms with van der Waals surface area (Å²) in [5.41, 5.74) is 0.0144. The first-order chi connectivity index (χ1) is 7.46. The molecule has 4 heteroatoms. The summed E-state index contributed by atoms with van der Waals surface area (Å²) in [5, 5.41) is 12.1. The smallest absolute Gasteiger partial charge is 0.253 e. The van der Waals surface area contributed by atoms with Crippen LogP contribution in [0, 0.1) is 0 Å². The zero-order valence-corrected chi connectivity index (χ0v) is 10.2. The molecular weight excluding hydrogens is 226 g/mol. The van der Waals surface area contributed by atoms with Gasteiger partial charge in [-0.05, 0) is 32.4 Å². The van der Waals surface area contributed by atoms with Crippen molar-refractivity contribution in [2.24, 2.45) is 0 Å². The van der Waals surface area contributed by atoms with Crippen molar-refractivity contribution in [1.29, 1.82) is 0 Å². The van der Waals surface area contributed by atoms with E-state index in [2.05, 4.69) is 5.32 Å². The van der Waals surface area contributed by atoms with E-state index in [1.165, 1.54) is 0 Å². The molecule has 0 saturated heterocycles. The molecule has 16 heavy (non-hydrogen) atoms. The molecule has 0 aliphatic rings. The molecule has 0 aliphatic heterocycles. The van der Waals surface area contributed by atoms with Crippen molar-refractivity contribution in [2.45, 2.75) is 25.8 Å². The number of aliphatic hydroxyl groups is 1. The van der Waals surface area contributed by atoms with Crippen molar-refractivity contribution in [3.63, 3.8) is 0 Å². The number of hydrogen-bond acceptors (Lipinski definition) is 2. The summed E-state index contributed by atoms with van der Waals surface area (Å²) in [5.74, 6) is -0.218. The fourth-order valence-corrected chi connectivity index (χ4v) is 1.58. The second-order valence-corrected chi connectivity index (χ2v) is 4.70. The highest BCUT2D eigenvalue weighted by atomic mass is 35.5. The van der Waals surface area contributed by atoms with E-state index < -0.39 is 5.54 Å². The maximum Gasteiger partial charge on any atom is 0.253 e. The van der Waals surface area contributed by atoms with Gasteiger partial charge in [0.2, 0.25) is 0 Å². The molecule has 0 heterocycles. The molecule has 1 amide bonds. The van der Waals surface area contributed by atoms with E-state index in [-0.39, 0.29) is 12.5 Å². The van der Waals surface area contributed by atoms with Gasteiger partial charge in [0, 0.05) is 12.1 Å². The molecule has 1 aromatic carbocycles. The van der Waals surface area contributed by atoms with Gasteiger partial charge in [-0.3, -0.25) is 4.79 Å². The molecule has 0 aromatic heterocycles. The monoisotopic (exact) mass is 241 g/mol. The number of benzene rings is 1. The second kappa shape index (κ2) is 5.32. The number of rotatable bonds is 4. The molecule has 0 unspecified atom stereocenters. The molecule has 88 valence electrons. The average molecular weight is 242 g/mol. The summed E-state index contributed by atoms with van der Waals surface area (Å²) in [7, 11) is 0. The third-order valence-corrected chi connectivity index (χ3v) is 2.64. The fourth-order valence-electron chi connectivity index (χ4n) is 1.36. The Morgan fingerprint density at radius 1 is 1.44 bits per heavy atom. The summed E-state index contributed by atoms with van der Waals surface area (Å²) in [4.78, 5) is 11.9. The number of carbonyl (C=O) groups is 1. The Labute approximate surface area is 100 Å². The fraction of sp³-hybridized carbons (Fsp3) is 0.417.